The van der Waals surface area contributed by atoms with E-state index in [1.807, 2.05) is 10.8 Å². The molecule has 7 nitrogen and oxygen atoms in total. The fourth-order valence-electron chi connectivity index (χ4n) is 7.04. The van der Waals surface area contributed by atoms with Gasteiger partial charge in [-0.15, -0.1) is 10.2 Å². The highest BCUT2D eigenvalue weighted by Gasteiger charge is 2.33. The van der Waals surface area contributed by atoms with Crippen LogP contribution in [0.15, 0.2) is 117 Å². The zero-order chi connectivity index (χ0) is 35.3. The maximum atomic E-state index is 10.1. The summed E-state index contributed by atoms with van der Waals surface area (Å²) in [5.41, 5.74) is 4.69. The molecular weight excluding hydrogens is 659 g/mol. The maximum absolute atomic E-state index is 10.1. The number of nitrogens with zero attached hydrogens (tertiary/aromatic N) is 5. The molecule has 0 aliphatic carbocycles. The third-order valence-corrected chi connectivity index (χ3v) is 14.1. The van der Waals surface area contributed by atoms with E-state index in [0.29, 0.717) is 0 Å². The van der Waals surface area contributed by atoms with Crippen LogP contribution in [0.4, 0.5) is 11.5 Å². The number of quaternary nitrogens is 1. The first-order chi connectivity index (χ1) is 24.2. The maximum Gasteiger partial charge on any atom is 0.283 e. The van der Waals surface area contributed by atoms with Crippen molar-refractivity contribution >= 4 is 50.5 Å². The van der Waals surface area contributed by atoms with Crippen LogP contribution in [0.2, 0.25) is 0 Å². The van der Waals surface area contributed by atoms with Gasteiger partial charge in [0, 0.05) is 52.2 Å². The minimum Gasteiger partial charge on any atom is -0.515 e. The molecule has 0 atom stereocenters. The molecule has 0 spiro atoms. The van der Waals surface area contributed by atoms with Gasteiger partial charge in [-0.2, -0.15) is 4.57 Å². The Balaban J connectivity index is 1.46. The van der Waals surface area contributed by atoms with E-state index in [2.05, 4.69) is 139 Å². The summed E-state index contributed by atoms with van der Waals surface area (Å²) in [5, 5.41) is 26.3. The number of anilines is 2. The molecule has 0 unspecified atom stereocenters. The first-order valence-corrected chi connectivity index (χ1v) is 20.3. The smallest absolute Gasteiger partial charge is 0.283 e. The van der Waals surface area contributed by atoms with Gasteiger partial charge in [-0.1, -0.05) is 61.5 Å². The van der Waals surface area contributed by atoms with Crippen LogP contribution in [0.1, 0.15) is 38.2 Å². The molecule has 0 amide bonds. The van der Waals surface area contributed by atoms with Gasteiger partial charge in [-0.3, -0.25) is 9.21 Å². The van der Waals surface area contributed by atoms with E-state index in [1.165, 1.54) is 33.6 Å². The Kier molecular flexibility index (Phi) is 11.2. The Hall–Kier alpha value is -3.89. The molecule has 9 heteroatoms. The standard InChI is InChI=1S/C41H51N5O2S2/c1-6-21-43(24-25-46(3,4)5)40-30-33(36-17-11-12-18-37(36)45(40)34-15-9-7-10-16-34)31-41-42(2)38-20-19-35(32-39(38)49-41)50(28-26-47,29-27-48)44-22-13-8-14-23-44/h7,9-12,15-20,26-32H,6,8,13-14,21-25H2,1-5H3/p+2. The Labute approximate surface area is 304 Å². The number of fused-ring (bicyclic) bond motifs is 2. The van der Waals surface area contributed by atoms with Gasteiger partial charge in [0.1, 0.15) is 24.3 Å². The van der Waals surface area contributed by atoms with Gasteiger partial charge in [-0.25, -0.2) is 0 Å². The zero-order valence-electron chi connectivity index (χ0n) is 30.2. The summed E-state index contributed by atoms with van der Waals surface area (Å²) in [6, 6.07) is 28.5. The second-order valence-electron chi connectivity index (χ2n) is 14.2. The summed E-state index contributed by atoms with van der Waals surface area (Å²) in [6.07, 6.45) is 9.16. The Morgan fingerprint density at radius 2 is 1.58 bits per heavy atom. The Morgan fingerprint density at radius 3 is 2.26 bits per heavy atom. The third-order valence-electron chi connectivity index (χ3n) is 9.62. The predicted octanol–water partition coefficient (Wildman–Crippen LogP) is 9.20. The van der Waals surface area contributed by atoms with Crippen LogP contribution in [-0.4, -0.2) is 79.9 Å². The van der Waals surface area contributed by atoms with E-state index in [4.69, 9.17) is 0 Å². The molecule has 2 aliphatic rings. The number of para-hydroxylation sites is 2. The number of benzene rings is 3. The number of hydrogen-bond donors (Lipinski definition) is 2. The van der Waals surface area contributed by atoms with Crippen molar-refractivity contribution in [2.75, 3.05) is 70.7 Å². The minimum absolute atomic E-state index is 0.903. The lowest BCUT2D eigenvalue weighted by Gasteiger charge is -2.46. The van der Waals surface area contributed by atoms with Gasteiger partial charge in [0.2, 0.25) is 0 Å². The van der Waals surface area contributed by atoms with E-state index < -0.39 is 10.2 Å². The van der Waals surface area contributed by atoms with Crippen LogP contribution in [0, 0.1) is 0 Å². The molecule has 50 heavy (non-hydrogen) atoms. The number of hydrogen-bond acceptors (Lipinski definition) is 6. The molecule has 3 aromatic carbocycles. The molecule has 264 valence electrons. The van der Waals surface area contributed by atoms with E-state index in [0.717, 1.165) is 90.3 Å². The summed E-state index contributed by atoms with van der Waals surface area (Å²) in [6.45, 7) is 7.10. The molecule has 6 rings (SSSR count). The molecule has 1 aromatic heterocycles. The summed E-state index contributed by atoms with van der Waals surface area (Å²) >= 11 is 1.79. The fraction of sp³-hybridized carbons (Fsp3) is 0.341. The average molecular weight is 712 g/mol. The van der Waals surface area contributed by atoms with Crippen LogP contribution >= 0.6 is 22.0 Å². The van der Waals surface area contributed by atoms with Crippen molar-refractivity contribution in [3.8, 4) is 5.69 Å². The monoisotopic (exact) mass is 711 g/mol. The Bertz CT molecular complexity index is 1870. The van der Waals surface area contributed by atoms with Crippen LogP contribution in [0.5, 0.6) is 0 Å². The largest absolute Gasteiger partial charge is 0.515 e. The fourth-order valence-corrected chi connectivity index (χ4v) is 11.1. The minimum atomic E-state index is -1.88. The van der Waals surface area contributed by atoms with Gasteiger partial charge in [0.15, 0.2) is 0 Å². The topological polar surface area (TPSA) is 54.1 Å². The summed E-state index contributed by atoms with van der Waals surface area (Å²) in [5.74, 6) is 1.20. The molecule has 0 saturated carbocycles. The molecule has 1 fully saturated rings. The van der Waals surface area contributed by atoms with Crippen molar-refractivity contribution in [3.05, 3.63) is 113 Å². The molecule has 0 radical (unpaired) electrons. The second kappa shape index (κ2) is 15.6. The van der Waals surface area contributed by atoms with Crippen molar-refractivity contribution in [2.24, 2.45) is 0 Å². The molecule has 3 heterocycles. The first-order valence-electron chi connectivity index (χ1n) is 17.7. The normalized spacial score (nSPS) is 18.3. The number of aromatic nitrogens is 1. The lowest BCUT2D eigenvalue weighted by Crippen LogP contribution is -2.47. The van der Waals surface area contributed by atoms with Crippen LogP contribution in [0.3, 0.4) is 0 Å². The summed E-state index contributed by atoms with van der Waals surface area (Å²) < 4.78 is 5.78. The number of thioether (sulfide) groups is 1. The number of rotatable bonds is 12. The first kappa shape index (κ1) is 35.9. The number of pyridine rings is 1. The lowest BCUT2D eigenvalue weighted by atomic mass is 10.1. The highest BCUT2D eigenvalue weighted by Crippen LogP contribution is 2.63. The van der Waals surface area contributed by atoms with E-state index in [-0.39, 0.29) is 0 Å². The molecule has 0 bridgehead atoms. The molecule has 2 N–H and O–H groups in total. The highest BCUT2D eigenvalue weighted by atomic mass is 32.3. The van der Waals surface area contributed by atoms with E-state index in [1.54, 1.807) is 11.8 Å². The second-order valence-corrected chi connectivity index (χ2v) is 18.1. The lowest BCUT2D eigenvalue weighted by molar-refractivity contribution is -0.868. The van der Waals surface area contributed by atoms with Crippen molar-refractivity contribution in [3.63, 3.8) is 0 Å². The van der Waals surface area contributed by atoms with Gasteiger partial charge < -0.3 is 19.6 Å². The van der Waals surface area contributed by atoms with Crippen LogP contribution < -0.4 is 14.4 Å². The molecule has 2 aliphatic heterocycles. The van der Waals surface area contributed by atoms with Crippen LogP contribution in [-0.2, 0) is 0 Å². The number of aliphatic hydroxyl groups is 2. The zero-order valence-corrected chi connectivity index (χ0v) is 31.8. The number of aliphatic hydroxyl groups excluding tert-OH is 2. The van der Waals surface area contributed by atoms with Crippen molar-refractivity contribution in [2.45, 2.75) is 42.4 Å². The van der Waals surface area contributed by atoms with Crippen LogP contribution in [0.25, 0.3) is 22.7 Å². The molecular formula is C41H53N5O2S2+2. The number of piperidine rings is 1. The average Bonchev–Trinajstić information content (AvgIpc) is 3.43. The molecule has 4 aromatic rings. The van der Waals surface area contributed by atoms with Gasteiger partial charge in [0.25, 0.3) is 5.82 Å². The SMILES string of the molecule is CCCN(CC[N+](C)(C)C)c1cc(C=C2Sc3cc(S(C=CO)(C=CO)N4CCCCC4)ccc3N2C)c2ccccc2[n+]1-c1ccccc1. The van der Waals surface area contributed by atoms with E-state index in [9.17, 15) is 10.2 Å². The quantitative estimate of drug-likeness (QED) is 0.0869. The van der Waals surface area contributed by atoms with Crippen molar-refractivity contribution < 1.29 is 19.3 Å². The highest BCUT2D eigenvalue weighted by molar-refractivity contribution is 8.36. The molecule has 1 saturated heterocycles. The summed E-state index contributed by atoms with van der Waals surface area (Å²) in [4.78, 5) is 7.14. The third kappa shape index (κ3) is 7.42. The van der Waals surface area contributed by atoms with Gasteiger partial charge >= 0.3 is 0 Å². The van der Waals surface area contributed by atoms with Gasteiger partial charge in [-0.05, 0) is 67.3 Å². The Morgan fingerprint density at radius 1 is 0.880 bits per heavy atom. The van der Waals surface area contributed by atoms with E-state index >= 15 is 0 Å². The van der Waals surface area contributed by atoms with Gasteiger partial charge in [0.05, 0.1) is 50.9 Å². The number of likely N-dealkylation sites (N-methyl/N-ethyl adjacent to an activating group) is 1. The predicted molar refractivity (Wildman–Crippen MR) is 214 cm³/mol. The van der Waals surface area contributed by atoms with Crippen molar-refractivity contribution in [1.29, 1.82) is 0 Å². The van der Waals surface area contributed by atoms with Crippen molar-refractivity contribution in [1.82, 2.24) is 4.31 Å². The summed E-state index contributed by atoms with van der Waals surface area (Å²) in [7, 11) is 7.06.